The molecule has 0 bridgehead atoms. The molecule has 2 aromatic carbocycles. The number of benzene rings is 2. The second kappa shape index (κ2) is 8.09. The molecule has 0 aliphatic heterocycles. The van der Waals surface area contributed by atoms with Gasteiger partial charge in [0.05, 0.1) is 6.61 Å². The summed E-state index contributed by atoms with van der Waals surface area (Å²) in [5.74, 6) is 1.51. The second-order valence-electron chi connectivity index (χ2n) is 5.27. The van der Waals surface area contributed by atoms with E-state index in [1.54, 1.807) is 0 Å². The maximum absolute atomic E-state index is 5.96. The van der Waals surface area contributed by atoms with Crippen LogP contribution in [0.4, 0.5) is 0 Å². The van der Waals surface area contributed by atoms with Crippen LogP contribution in [0.3, 0.4) is 0 Å². The lowest BCUT2D eigenvalue weighted by atomic mass is 10.0. The van der Waals surface area contributed by atoms with Crippen molar-refractivity contribution in [2.24, 2.45) is 0 Å². The third-order valence-electron chi connectivity index (χ3n) is 3.57. The van der Waals surface area contributed by atoms with Crippen molar-refractivity contribution in [1.82, 2.24) is 0 Å². The quantitative estimate of drug-likeness (QED) is 0.625. The van der Waals surface area contributed by atoms with Gasteiger partial charge >= 0.3 is 0 Å². The van der Waals surface area contributed by atoms with Crippen LogP contribution in [0, 0.1) is 0 Å². The zero-order valence-electron chi connectivity index (χ0n) is 12.9. The SMILES string of the molecule is CCCOc1ccc(CCl)cc1Cc1ccc(CC)cc1. The number of halogens is 1. The van der Waals surface area contributed by atoms with Crippen molar-refractivity contribution in [3.8, 4) is 5.75 Å². The van der Waals surface area contributed by atoms with Crippen LogP contribution in [0.15, 0.2) is 42.5 Å². The molecule has 0 N–H and O–H groups in total. The van der Waals surface area contributed by atoms with Crippen molar-refractivity contribution < 1.29 is 4.74 Å². The molecule has 0 atom stereocenters. The Morgan fingerprint density at radius 2 is 1.57 bits per heavy atom. The highest BCUT2D eigenvalue weighted by Gasteiger charge is 2.06. The van der Waals surface area contributed by atoms with Crippen molar-refractivity contribution in [2.75, 3.05) is 6.61 Å². The van der Waals surface area contributed by atoms with Crippen molar-refractivity contribution in [1.29, 1.82) is 0 Å². The second-order valence-corrected chi connectivity index (χ2v) is 5.54. The van der Waals surface area contributed by atoms with Crippen LogP contribution >= 0.6 is 11.6 Å². The first-order valence-electron chi connectivity index (χ1n) is 7.65. The zero-order valence-corrected chi connectivity index (χ0v) is 13.6. The van der Waals surface area contributed by atoms with Gasteiger partial charge in [-0.15, -0.1) is 11.6 Å². The van der Waals surface area contributed by atoms with Crippen molar-refractivity contribution in [2.45, 2.75) is 39.0 Å². The van der Waals surface area contributed by atoms with Gasteiger partial charge in [0.25, 0.3) is 0 Å². The lowest BCUT2D eigenvalue weighted by Gasteiger charge is -2.13. The number of rotatable bonds is 7. The third kappa shape index (κ3) is 4.50. The first-order chi connectivity index (χ1) is 10.3. The summed E-state index contributed by atoms with van der Waals surface area (Å²) >= 11 is 5.96. The average Bonchev–Trinajstić information content (AvgIpc) is 2.54. The van der Waals surface area contributed by atoms with Gasteiger partial charge in [0.2, 0.25) is 0 Å². The van der Waals surface area contributed by atoms with Crippen LogP contribution in [0.5, 0.6) is 5.75 Å². The Balaban J connectivity index is 2.22. The molecular weight excluding hydrogens is 280 g/mol. The molecule has 0 amide bonds. The monoisotopic (exact) mass is 302 g/mol. The van der Waals surface area contributed by atoms with Gasteiger partial charge in [-0.1, -0.05) is 50.2 Å². The third-order valence-corrected chi connectivity index (χ3v) is 3.88. The van der Waals surface area contributed by atoms with Gasteiger partial charge in [-0.2, -0.15) is 0 Å². The van der Waals surface area contributed by atoms with Gasteiger partial charge in [-0.3, -0.25) is 0 Å². The van der Waals surface area contributed by atoms with E-state index in [0.29, 0.717) is 5.88 Å². The smallest absolute Gasteiger partial charge is 0.122 e. The lowest BCUT2D eigenvalue weighted by Crippen LogP contribution is -2.00. The summed E-state index contributed by atoms with van der Waals surface area (Å²) in [5.41, 5.74) is 5.03. The van der Waals surface area contributed by atoms with Crippen LogP contribution < -0.4 is 4.74 Å². The van der Waals surface area contributed by atoms with Gasteiger partial charge in [0.15, 0.2) is 0 Å². The summed E-state index contributed by atoms with van der Waals surface area (Å²) < 4.78 is 5.86. The molecule has 0 radical (unpaired) electrons. The Morgan fingerprint density at radius 1 is 0.905 bits per heavy atom. The molecular formula is C19H23ClO. The van der Waals surface area contributed by atoms with Gasteiger partial charge in [-0.05, 0) is 41.2 Å². The molecule has 21 heavy (non-hydrogen) atoms. The molecule has 112 valence electrons. The van der Waals surface area contributed by atoms with E-state index < -0.39 is 0 Å². The maximum atomic E-state index is 5.96. The summed E-state index contributed by atoms with van der Waals surface area (Å²) in [6, 6.07) is 15.1. The fourth-order valence-corrected chi connectivity index (χ4v) is 2.49. The van der Waals surface area contributed by atoms with Gasteiger partial charge in [-0.25, -0.2) is 0 Å². The van der Waals surface area contributed by atoms with Gasteiger partial charge in [0, 0.05) is 12.3 Å². The molecule has 0 fully saturated rings. The largest absolute Gasteiger partial charge is 0.493 e. The molecule has 2 rings (SSSR count). The molecule has 0 saturated carbocycles. The highest BCUT2D eigenvalue weighted by Crippen LogP contribution is 2.24. The summed E-state index contributed by atoms with van der Waals surface area (Å²) in [6.45, 7) is 5.05. The number of aryl methyl sites for hydroxylation is 1. The fourth-order valence-electron chi connectivity index (χ4n) is 2.32. The van der Waals surface area contributed by atoms with Crippen LogP contribution in [-0.4, -0.2) is 6.61 Å². The van der Waals surface area contributed by atoms with E-state index in [0.717, 1.165) is 37.2 Å². The Labute approximate surface area is 132 Å². The van der Waals surface area contributed by atoms with Crippen LogP contribution in [0.1, 0.15) is 42.5 Å². The molecule has 0 spiro atoms. The highest BCUT2D eigenvalue weighted by atomic mass is 35.5. The van der Waals surface area contributed by atoms with Crippen molar-refractivity contribution in [3.63, 3.8) is 0 Å². The lowest BCUT2D eigenvalue weighted by molar-refractivity contribution is 0.314. The van der Waals surface area contributed by atoms with Crippen LogP contribution in [0.25, 0.3) is 0 Å². The number of hydrogen-bond acceptors (Lipinski definition) is 1. The minimum absolute atomic E-state index is 0.538. The Bertz CT molecular complexity index is 560. The standard InChI is InChI=1S/C19H23ClO/c1-3-11-21-19-10-9-17(14-20)13-18(19)12-16-7-5-15(4-2)6-8-16/h5-10,13H,3-4,11-12,14H2,1-2H3. The van der Waals surface area contributed by atoms with E-state index in [1.807, 2.05) is 12.1 Å². The van der Waals surface area contributed by atoms with Crippen LogP contribution in [-0.2, 0) is 18.7 Å². The van der Waals surface area contributed by atoms with Crippen molar-refractivity contribution >= 4 is 11.6 Å². The molecule has 2 aromatic rings. The molecule has 2 heteroatoms. The Hall–Kier alpha value is -1.47. The minimum atomic E-state index is 0.538. The molecule has 0 aliphatic rings. The molecule has 0 unspecified atom stereocenters. The first-order valence-corrected chi connectivity index (χ1v) is 8.18. The van der Waals surface area contributed by atoms with E-state index in [4.69, 9.17) is 16.3 Å². The zero-order chi connectivity index (χ0) is 15.1. The summed E-state index contributed by atoms with van der Waals surface area (Å²) in [7, 11) is 0. The molecule has 0 aliphatic carbocycles. The minimum Gasteiger partial charge on any atom is -0.493 e. The maximum Gasteiger partial charge on any atom is 0.122 e. The molecule has 0 aromatic heterocycles. The first kappa shape index (κ1) is 15.9. The predicted molar refractivity (Wildman–Crippen MR) is 90.4 cm³/mol. The normalized spacial score (nSPS) is 10.6. The van der Waals surface area contributed by atoms with E-state index in [9.17, 15) is 0 Å². The molecule has 1 nitrogen and oxygen atoms in total. The molecule has 0 heterocycles. The Morgan fingerprint density at radius 3 is 2.19 bits per heavy atom. The van der Waals surface area contributed by atoms with E-state index >= 15 is 0 Å². The predicted octanol–water partition coefficient (Wildman–Crippen LogP) is 5.37. The summed E-state index contributed by atoms with van der Waals surface area (Å²) in [5, 5.41) is 0. The number of hydrogen-bond donors (Lipinski definition) is 0. The summed E-state index contributed by atoms with van der Waals surface area (Å²) in [4.78, 5) is 0. The Kier molecular flexibility index (Phi) is 6.13. The molecule has 0 saturated heterocycles. The van der Waals surface area contributed by atoms with Gasteiger partial charge in [0.1, 0.15) is 5.75 Å². The summed E-state index contributed by atoms with van der Waals surface area (Å²) in [6.07, 6.45) is 2.97. The van der Waals surface area contributed by atoms with E-state index in [-0.39, 0.29) is 0 Å². The van der Waals surface area contributed by atoms with E-state index in [1.165, 1.54) is 16.7 Å². The number of alkyl halides is 1. The number of ether oxygens (including phenoxy) is 1. The average molecular weight is 303 g/mol. The van der Waals surface area contributed by atoms with E-state index in [2.05, 4.69) is 44.2 Å². The van der Waals surface area contributed by atoms with Crippen molar-refractivity contribution in [3.05, 3.63) is 64.7 Å². The van der Waals surface area contributed by atoms with Crippen LogP contribution in [0.2, 0.25) is 0 Å². The van der Waals surface area contributed by atoms with Gasteiger partial charge < -0.3 is 4.74 Å². The fraction of sp³-hybridized carbons (Fsp3) is 0.368. The topological polar surface area (TPSA) is 9.23 Å². The highest BCUT2D eigenvalue weighted by molar-refractivity contribution is 6.17.